The highest BCUT2D eigenvalue weighted by molar-refractivity contribution is 9.09. The van der Waals surface area contributed by atoms with E-state index in [2.05, 4.69) is 72.2 Å². The predicted molar refractivity (Wildman–Crippen MR) is 84.3 cm³/mol. The lowest BCUT2D eigenvalue weighted by atomic mass is 9.78. The number of hydrogen-bond acceptors (Lipinski definition) is 1. The van der Waals surface area contributed by atoms with Crippen molar-refractivity contribution in [3.63, 3.8) is 0 Å². The molecule has 2 heteroatoms. The lowest BCUT2D eigenvalue weighted by Crippen LogP contribution is -2.18. The Bertz CT molecular complexity index is 503. The van der Waals surface area contributed by atoms with Crippen LogP contribution in [0.3, 0.4) is 0 Å². The minimum Gasteiger partial charge on any atom is -0.493 e. The van der Waals surface area contributed by atoms with Crippen LogP contribution in [0.25, 0.3) is 0 Å². The molecule has 0 aliphatic rings. The molecule has 0 amide bonds. The molecule has 0 bridgehead atoms. The summed E-state index contributed by atoms with van der Waals surface area (Å²) in [5.74, 6) is 0.923. The molecule has 0 aliphatic carbocycles. The quantitative estimate of drug-likeness (QED) is 0.720. The Morgan fingerprint density at radius 2 is 1.47 bits per heavy atom. The van der Waals surface area contributed by atoms with Crippen molar-refractivity contribution in [2.75, 3.05) is 11.9 Å². The summed E-state index contributed by atoms with van der Waals surface area (Å²) in [6.45, 7) is 5.19. The maximum absolute atomic E-state index is 5.58. The van der Waals surface area contributed by atoms with Gasteiger partial charge in [0.05, 0.1) is 6.61 Å². The average Bonchev–Trinajstić information content (AvgIpc) is 2.46. The van der Waals surface area contributed by atoms with E-state index in [1.54, 1.807) is 0 Å². The monoisotopic (exact) mass is 318 g/mol. The highest BCUT2D eigenvalue weighted by Gasteiger charge is 2.22. The third-order valence-electron chi connectivity index (χ3n) is 3.42. The fourth-order valence-electron chi connectivity index (χ4n) is 2.15. The number of ether oxygens (including phenoxy) is 1. The minimum absolute atomic E-state index is 0.00914. The van der Waals surface area contributed by atoms with Crippen LogP contribution in [-0.2, 0) is 5.41 Å². The van der Waals surface area contributed by atoms with Crippen molar-refractivity contribution in [2.45, 2.75) is 19.3 Å². The fraction of sp³-hybridized carbons (Fsp3) is 0.294. The molecule has 0 unspecified atom stereocenters. The number of hydrogen-bond donors (Lipinski definition) is 0. The van der Waals surface area contributed by atoms with Gasteiger partial charge in [-0.2, -0.15) is 0 Å². The van der Waals surface area contributed by atoms with E-state index in [0.29, 0.717) is 6.61 Å². The first kappa shape index (κ1) is 14.1. The third kappa shape index (κ3) is 3.38. The van der Waals surface area contributed by atoms with E-state index in [4.69, 9.17) is 4.74 Å². The Hall–Kier alpha value is -1.28. The first-order valence-electron chi connectivity index (χ1n) is 6.49. The van der Waals surface area contributed by atoms with Crippen molar-refractivity contribution in [2.24, 2.45) is 0 Å². The van der Waals surface area contributed by atoms with E-state index >= 15 is 0 Å². The van der Waals surface area contributed by atoms with E-state index in [-0.39, 0.29) is 5.41 Å². The molecule has 2 rings (SSSR count). The molecular weight excluding hydrogens is 300 g/mol. The first-order chi connectivity index (χ1) is 9.14. The summed E-state index contributed by atoms with van der Waals surface area (Å²) in [5, 5.41) is 0.851. The SMILES string of the molecule is CC(C)(c1ccccc1)c1ccc(OCCBr)cc1. The number of alkyl halides is 1. The molecule has 2 aromatic carbocycles. The normalized spacial score (nSPS) is 11.3. The van der Waals surface area contributed by atoms with Crippen LogP contribution < -0.4 is 4.74 Å². The van der Waals surface area contributed by atoms with Crippen molar-refractivity contribution < 1.29 is 4.74 Å². The van der Waals surface area contributed by atoms with Gasteiger partial charge in [0, 0.05) is 10.7 Å². The minimum atomic E-state index is 0.00914. The average molecular weight is 319 g/mol. The van der Waals surface area contributed by atoms with Gasteiger partial charge in [0.1, 0.15) is 5.75 Å². The molecule has 0 saturated carbocycles. The Morgan fingerprint density at radius 1 is 0.895 bits per heavy atom. The molecule has 0 aromatic heterocycles. The highest BCUT2D eigenvalue weighted by Crippen LogP contribution is 2.32. The van der Waals surface area contributed by atoms with Crippen molar-refractivity contribution in [3.05, 3.63) is 65.7 Å². The van der Waals surface area contributed by atoms with Gasteiger partial charge in [-0.15, -0.1) is 0 Å². The largest absolute Gasteiger partial charge is 0.493 e. The number of rotatable bonds is 5. The van der Waals surface area contributed by atoms with E-state index < -0.39 is 0 Å². The Labute approximate surface area is 123 Å². The number of benzene rings is 2. The summed E-state index contributed by atoms with van der Waals surface area (Å²) in [6.07, 6.45) is 0. The Morgan fingerprint density at radius 3 is 2.05 bits per heavy atom. The van der Waals surface area contributed by atoms with Crippen LogP contribution >= 0.6 is 15.9 Å². The fourth-order valence-corrected chi connectivity index (χ4v) is 2.31. The van der Waals surface area contributed by atoms with E-state index in [0.717, 1.165) is 11.1 Å². The molecular formula is C17H19BrO. The van der Waals surface area contributed by atoms with E-state index in [1.807, 2.05) is 12.1 Å². The molecule has 0 aliphatic heterocycles. The molecule has 2 aromatic rings. The van der Waals surface area contributed by atoms with Gasteiger partial charge in [0.25, 0.3) is 0 Å². The van der Waals surface area contributed by atoms with Crippen LogP contribution in [-0.4, -0.2) is 11.9 Å². The van der Waals surface area contributed by atoms with Gasteiger partial charge in [-0.25, -0.2) is 0 Å². The smallest absolute Gasteiger partial charge is 0.119 e. The van der Waals surface area contributed by atoms with Gasteiger partial charge in [0.2, 0.25) is 0 Å². The second-order valence-electron chi connectivity index (χ2n) is 5.05. The highest BCUT2D eigenvalue weighted by atomic mass is 79.9. The predicted octanol–water partition coefficient (Wildman–Crippen LogP) is 4.79. The summed E-state index contributed by atoms with van der Waals surface area (Å²) < 4.78 is 5.58. The van der Waals surface area contributed by atoms with Crippen LogP contribution in [0.1, 0.15) is 25.0 Å². The standard InChI is InChI=1S/C17H19BrO/c1-17(2,14-6-4-3-5-7-14)15-8-10-16(11-9-15)19-13-12-18/h3-11H,12-13H2,1-2H3. The summed E-state index contributed by atoms with van der Waals surface area (Å²) in [6, 6.07) is 19.0. The number of halogens is 1. The molecule has 0 N–H and O–H groups in total. The Balaban J connectivity index is 2.21. The molecule has 0 saturated heterocycles. The Kier molecular flexibility index (Phi) is 4.65. The van der Waals surface area contributed by atoms with Crippen molar-refractivity contribution >= 4 is 15.9 Å². The second kappa shape index (κ2) is 6.25. The molecule has 0 atom stereocenters. The van der Waals surface area contributed by atoms with Crippen molar-refractivity contribution in [1.82, 2.24) is 0 Å². The molecule has 0 fully saturated rings. The molecule has 0 heterocycles. The van der Waals surface area contributed by atoms with Crippen molar-refractivity contribution in [1.29, 1.82) is 0 Å². The maximum atomic E-state index is 5.58. The first-order valence-corrected chi connectivity index (χ1v) is 7.61. The summed E-state index contributed by atoms with van der Waals surface area (Å²) in [4.78, 5) is 0. The van der Waals surface area contributed by atoms with Crippen LogP contribution in [0.4, 0.5) is 0 Å². The van der Waals surface area contributed by atoms with Gasteiger partial charge in [-0.05, 0) is 23.3 Å². The summed E-state index contributed by atoms with van der Waals surface area (Å²) in [5.41, 5.74) is 2.63. The summed E-state index contributed by atoms with van der Waals surface area (Å²) >= 11 is 3.36. The topological polar surface area (TPSA) is 9.23 Å². The van der Waals surface area contributed by atoms with Gasteiger partial charge in [-0.3, -0.25) is 0 Å². The van der Waals surface area contributed by atoms with Crippen LogP contribution in [0.5, 0.6) is 5.75 Å². The summed E-state index contributed by atoms with van der Waals surface area (Å²) in [7, 11) is 0. The zero-order valence-corrected chi connectivity index (χ0v) is 13.0. The molecule has 0 radical (unpaired) electrons. The van der Waals surface area contributed by atoms with Crippen LogP contribution in [0.2, 0.25) is 0 Å². The van der Waals surface area contributed by atoms with Gasteiger partial charge in [-0.1, -0.05) is 72.2 Å². The van der Waals surface area contributed by atoms with E-state index in [1.165, 1.54) is 11.1 Å². The van der Waals surface area contributed by atoms with Gasteiger partial charge < -0.3 is 4.74 Å². The lowest BCUT2D eigenvalue weighted by molar-refractivity contribution is 0.345. The lowest BCUT2D eigenvalue weighted by Gasteiger charge is -2.26. The van der Waals surface area contributed by atoms with Crippen LogP contribution in [0, 0.1) is 0 Å². The third-order valence-corrected chi connectivity index (χ3v) is 3.74. The maximum Gasteiger partial charge on any atom is 0.119 e. The molecule has 100 valence electrons. The zero-order valence-electron chi connectivity index (χ0n) is 11.4. The second-order valence-corrected chi connectivity index (χ2v) is 5.85. The van der Waals surface area contributed by atoms with Crippen LogP contribution in [0.15, 0.2) is 54.6 Å². The molecule has 1 nitrogen and oxygen atoms in total. The van der Waals surface area contributed by atoms with Crippen molar-refractivity contribution in [3.8, 4) is 5.75 Å². The van der Waals surface area contributed by atoms with Gasteiger partial charge in [0.15, 0.2) is 0 Å². The zero-order chi connectivity index (χ0) is 13.7. The molecule has 0 spiro atoms. The molecule has 19 heavy (non-hydrogen) atoms. The van der Waals surface area contributed by atoms with E-state index in [9.17, 15) is 0 Å². The van der Waals surface area contributed by atoms with Gasteiger partial charge >= 0.3 is 0 Å².